The van der Waals surface area contributed by atoms with Gasteiger partial charge in [0.2, 0.25) is 0 Å². The Hall–Kier alpha value is -1.58. The third-order valence-electron chi connectivity index (χ3n) is 1.18. The number of fused-ring (bicyclic) bond motifs is 1. The summed E-state index contributed by atoms with van der Waals surface area (Å²) in [6.45, 7) is 0. The Balaban J connectivity index is 2.89. The standard InChI is InChI=1S/C6H4N4/c1-5-2-8-4-10-6(5)9-3-7-1/h1-4H. The Kier molecular flexibility index (Phi) is 1.04. The summed E-state index contributed by atoms with van der Waals surface area (Å²) < 4.78 is 0. The average Bonchev–Trinajstić information content (AvgIpc) is 2.05. The molecule has 0 saturated heterocycles. The predicted octanol–water partition coefficient (Wildman–Crippen LogP) is 0.420. The van der Waals surface area contributed by atoms with Crippen molar-refractivity contribution < 1.29 is 0 Å². The Morgan fingerprint density at radius 2 is 1.50 bits per heavy atom. The van der Waals surface area contributed by atoms with Gasteiger partial charge in [0.05, 0.1) is 5.39 Å². The van der Waals surface area contributed by atoms with E-state index >= 15 is 0 Å². The monoisotopic (exact) mass is 132 g/mol. The van der Waals surface area contributed by atoms with Gasteiger partial charge in [-0.1, -0.05) is 0 Å². The van der Waals surface area contributed by atoms with Crippen molar-refractivity contribution in [1.29, 1.82) is 0 Å². The van der Waals surface area contributed by atoms with Gasteiger partial charge < -0.3 is 0 Å². The lowest BCUT2D eigenvalue weighted by atomic mass is 10.4. The first-order valence-electron chi connectivity index (χ1n) is 2.82. The van der Waals surface area contributed by atoms with E-state index < -0.39 is 0 Å². The quantitative estimate of drug-likeness (QED) is 0.521. The highest BCUT2D eigenvalue weighted by atomic mass is 14.9. The van der Waals surface area contributed by atoms with Crippen molar-refractivity contribution in [1.82, 2.24) is 19.9 Å². The summed E-state index contributed by atoms with van der Waals surface area (Å²) in [4.78, 5) is 15.5. The van der Waals surface area contributed by atoms with Crippen molar-refractivity contribution in [2.24, 2.45) is 0 Å². The summed E-state index contributed by atoms with van der Waals surface area (Å²) in [6, 6.07) is 0. The van der Waals surface area contributed by atoms with Crippen LogP contribution in [0.15, 0.2) is 25.0 Å². The molecule has 0 atom stereocenters. The first-order valence-corrected chi connectivity index (χ1v) is 2.82. The van der Waals surface area contributed by atoms with E-state index in [1.165, 1.54) is 12.7 Å². The molecule has 0 radical (unpaired) electrons. The second-order valence-corrected chi connectivity index (χ2v) is 1.82. The molecule has 10 heavy (non-hydrogen) atoms. The Morgan fingerprint density at radius 1 is 0.900 bits per heavy atom. The highest BCUT2D eigenvalue weighted by Crippen LogP contribution is 2.00. The molecule has 0 aliphatic rings. The molecule has 0 N–H and O–H groups in total. The van der Waals surface area contributed by atoms with Crippen molar-refractivity contribution in [3.63, 3.8) is 0 Å². The summed E-state index contributed by atoms with van der Waals surface area (Å²) in [7, 11) is 0. The largest absolute Gasteiger partial charge is 0.244 e. The van der Waals surface area contributed by atoms with Crippen LogP contribution in [0, 0.1) is 0 Å². The fourth-order valence-electron chi connectivity index (χ4n) is 0.735. The molecule has 4 nitrogen and oxygen atoms in total. The molecule has 0 amide bonds. The van der Waals surface area contributed by atoms with E-state index in [2.05, 4.69) is 19.9 Å². The zero-order valence-electron chi connectivity index (χ0n) is 5.10. The molecule has 4 heteroatoms. The molecule has 2 rings (SSSR count). The number of hydrogen-bond acceptors (Lipinski definition) is 4. The molecule has 0 aliphatic carbocycles. The van der Waals surface area contributed by atoms with Crippen molar-refractivity contribution in [3.8, 4) is 0 Å². The molecule has 0 fully saturated rings. The molecule has 48 valence electrons. The predicted molar refractivity (Wildman–Crippen MR) is 35.1 cm³/mol. The Morgan fingerprint density at radius 3 is 2.00 bits per heavy atom. The van der Waals surface area contributed by atoms with Crippen LogP contribution < -0.4 is 0 Å². The van der Waals surface area contributed by atoms with Gasteiger partial charge >= 0.3 is 0 Å². The second kappa shape index (κ2) is 1.98. The Bertz CT molecular complexity index is 281. The van der Waals surface area contributed by atoms with Crippen LogP contribution in [0.5, 0.6) is 0 Å². The van der Waals surface area contributed by atoms with Crippen molar-refractivity contribution in [2.75, 3.05) is 0 Å². The van der Waals surface area contributed by atoms with Gasteiger partial charge in [-0.3, -0.25) is 0 Å². The van der Waals surface area contributed by atoms with Gasteiger partial charge in [0.25, 0.3) is 0 Å². The number of rotatable bonds is 0. The Labute approximate surface area is 57.0 Å². The fourth-order valence-corrected chi connectivity index (χ4v) is 0.735. The summed E-state index contributed by atoms with van der Waals surface area (Å²) in [5.74, 6) is 0. The molecule has 0 aromatic carbocycles. The first-order chi connectivity index (χ1) is 4.97. The van der Waals surface area contributed by atoms with Crippen LogP contribution in [0.3, 0.4) is 0 Å². The molecule has 2 heterocycles. The molecular weight excluding hydrogens is 128 g/mol. The average molecular weight is 132 g/mol. The van der Waals surface area contributed by atoms with Crippen LogP contribution >= 0.6 is 0 Å². The van der Waals surface area contributed by atoms with Gasteiger partial charge in [0.1, 0.15) is 12.7 Å². The first kappa shape index (κ1) is 5.22. The topological polar surface area (TPSA) is 51.6 Å². The van der Waals surface area contributed by atoms with Gasteiger partial charge in [-0.2, -0.15) is 0 Å². The minimum atomic E-state index is 0.685. The van der Waals surface area contributed by atoms with Crippen LogP contribution in [0.25, 0.3) is 11.0 Å². The molecule has 0 saturated carbocycles. The maximum Gasteiger partial charge on any atom is 0.165 e. The minimum absolute atomic E-state index is 0.685. The van der Waals surface area contributed by atoms with Crippen LogP contribution in [0.4, 0.5) is 0 Å². The van der Waals surface area contributed by atoms with Crippen molar-refractivity contribution in [2.45, 2.75) is 0 Å². The highest BCUT2D eigenvalue weighted by molar-refractivity contribution is 5.71. The van der Waals surface area contributed by atoms with Gasteiger partial charge in [-0.05, 0) is 0 Å². The molecular formula is C6H4N4. The van der Waals surface area contributed by atoms with E-state index in [1.807, 2.05) is 0 Å². The van der Waals surface area contributed by atoms with Crippen LogP contribution in [0.2, 0.25) is 0 Å². The summed E-state index contributed by atoms with van der Waals surface area (Å²) >= 11 is 0. The van der Waals surface area contributed by atoms with Gasteiger partial charge in [-0.15, -0.1) is 0 Å². The minimum Gasteiger partial charge on any atom is -0.244 e. The maximum absolute atomic E-state index is 3.92. The summed E-state index contributed by atoms with van der Waals surface area (Å²) in [6.07, 6.45) is 6.30. The highest BCUT2D eigenvalue weighted by Gasteiger charge is 1.90. The third-order valence-corrected chi connectivity index (χ3v) is 1.18. The summed E-state index contributed by atoms with van der Waals surface area (Å²) in [5, 5.41) is 0.866. The second-order valence-electron chi connectivity index (χ2n) is 1.82. The lowest BCUT2D eigenvalue weighted by molar-refractivity contribution is 1.13. The van der Waals surface area contributed by atoms with Crippen LogP contribution in [-0.2, 0) is 0 Å². The lowest BCUT2D eigenvalue weighted by Crippen LogP contribution is -1.84. The molecule has 0 spiro atoms. The van der Waals surface area contributed by atoms with Crippen LogP contribution in [-0.4, -0.2) is 19.9 Å². The van der Waals surface area contributed by atoms with E-state index in [-0.39, 0.29) is 0 Å². The van der Waals surface area contributed by atoms with E-state index in [4.69, 9.17) is 0 Å². The molecule has 0 aliphatic heterocycles. The van der Waals surface area contributed by atoms with Crippen molar-refractivity contribution in [3.05, 3.63) is 25.0 Å². The smallest absolute Gasteiger partial charge is 0.165 e. The molecule has 0 unspecified atom stereocenters. The van der Waals surface area contributed by atoms with E-state index in [0.717, 1.165) is 5.39 Å². The SMILES string of the molecule is c1ncc2cncnc2n1. The van der Waals surface area contributed by atoms with Gasteiger partial charge in [0, 0.05) is 12.4 Å². The number of hydrogen-bond donors (Lipinski definition) is 0. The van der Waals surface area contributed by atoms with Gasteiger partial charge in [-0.25, -0.2) is 19.9 Å². The molecule has 2 aromatic rings. The van der Waals surface area contributed by atoms with E-state index in [1.54, 1.807) is 12.4 Å². The maximum atomic E-state index is 3.92. The fraction of sp³-hybridized carbons (Fsp3) is 0. The zero-order valence-corrected chi connectivity index (χ0v) is 5.10. The van der Waals surface area contributed by atoms with Gasteiger partial charge in [0.15, 0.2) is 5.65 Å². The van der Waals surface area contributed by atoms with Crippen molar-refractivity contribution >= 4 is 11.0 Å². The van der Waals surface area contributed by atoms with E-state index in [0.29, 0.717) is 5.65 Å². The van der Waals surface area contributed by atoms with E-state index in [9.17, 15) is 0 Å². The molecule has 2 aromatic heterocycles. The number of aromatic nitrogens is 4. The normalized spacial score (nSPS) is 10.0. The third kappa shape index (κ3) is 0.699. The van der Waals surface area contributed by atoms with Crippen LogP contribution in [0.1, 0.15) is 0 Å². The number of nitrogens with zero attached hydrogens (tertiary/aromatic N) is 4. The molecule has 0 bridgehead atoms. The zero-order chi connectivity index (χ0) is 6.81. The summed E-state index contributed by atoms with van der Waals surface area (Å²) in [5.41, 5.74) is 0.685. The lowest BCUT2D eigenvalue weighted by Gasteiger charge is -1.89.